The van der Waals surface area contributed by atoms with Gasteiger partial charge in [-0.3, -0.25) is 4.79 Å². The molecular weight excluding hydrogens is 208 g/mol. The summed E-state index contributed by atoms with van der Waals surface area (Å²) in [6.45, 7) is 5.05. The molecule has 1 saturated heterocycles. The third-order valence-electron chi connectivity index (χ3n) is 2.93. The minimum absolute atomic E-state index is 0.332. The highest BCUT2D eigenvalue weighted by molar-refractivity contribution is 7.98. The lowest BCUT2D eigenvalue weighted by atomic mass is 10.0. The Morgan fingerprint density at radius 3 is 2.67 bits per heavy atom. The largest absolute Gasteiger partial charge is 0.340 e. The number of nitrogens with zero attached hydrogens (tertiary/aromatic N) is 1. The Labute approximate surface area is 97.0 Å². The topological polar surface area (TPSA) is 32.3 Å². The minimum atomic E-state index is 0.332. The summed E-state index contributed by atoms with van der Waals surface area (Å²) in [5, 5.41) is 3.33. The van der Waals surface area contributed by atoms with Crippen LogP contribution in [0.1, 0.15) is 26.2 Å². The third kappa shape index (κ3) is 4.03. The highest BCUT2D eigenvalue weighted by Crippen LogP contribution is 2.13. The van der Waals surface area contributed by atoms with Crippen molar-refractivity contribution in [1.82, 2.24) is 10.2 Å². The van der Waals surface area contributed by atoms with Gasteiger partial charge in [0.1, 0.15) is 0 Å². The predicted octanol–water partition coefficient (Wildman–Crippen LogP) is 1.34. The van der Waals surface area contributed by atoms with Crippen LogP contribution in [0.5, 0.6) is 0 Å². The van der Waals surface area contributed by atoms with Crippen LogP contribution in [-0.2, 0) is 4.79 Å². The number of amides is 1. The van der Waals surface area contributed by atoms with E-state index in [1.807, 2.05) is 6.26 Å². The van der Waals surface area contributed by atoms with Crippen LogP contribution in [0.25, 0.3) is 0 Å². The highest BCUT2D eigenvalue weighted by atomic mass is 32.2. The van der Waals surface area contributed by atoms with Crippen LogP contribution in [0.2, 0.25) is 0 Å². The number of thioether (sulfide) groups is 1. The number of carbonyl (C=O) groups excluding carboxylic acids is 1. The Balaban J connectivity index is 2.41. The van der Waals surface area contributed by atoms with Crippen molar-refractivity contribution in [2.45, 2.75) is 32.2 Å². The van der Waals surface area contributed by atoms with Gasteiger partial charge >= 0.3 is 0 Å². The molecule has 1 aliphatic rings. The molecular formula is C11H22N2OS. The molecule has 15 heavy (non-hydrogen) atoms. The second-order valence-electron chi connectivity index (χ2n) is 3.90. The van der Waals surface area contributed by atoms with Crippen LogP contribution < -0.4 is 5.32 Å². The van der Waals surface area contributed by atoms with E-state index >= 15 is 0 Å². The predicted molar refractivity (Wildman–Crippen MR) is 66.3 cm³/mol. The molecule has 4 heteroatoms. The van der Waals surface area contributed by atoms with E-state index in [1.54, 1.807) is 11.8 Å². The minimum Gasteiger partial charge on any atom is -0.340 e. The van der Waals surface area contributed by atoms with Gasteiger partial charge in [0.05, 0.1) is 0 Å². The second kappa shape index (κ2) is 7.12. The zero-order valence-electron chi connectivity index (χ0n) is 9.79. The first kappa shape index (κ1) is 12.8. The maximum atomic E-state index is 11.9. The van der Waals surface area contributed by atoms with Crippen molar-refractivity contribution < 1.29 is 4.79 Å². The van der Waals surface area contributed by atoms with E-state index in [2.05, 4.69) is 17.1 Å². The molecule has 0 bridgehead atoms. The number of piperidine rings is 1. The maximum Gasteiger partial charge on any atom is 0.223 e. The van der Waals surface area contributed by atoms with Gasteiger partial charge < -0.3 is 10.2 Å². The van der Waals surface area contributed by atoms with Crippen molar-refractivity contribution in [2.75, 3.05) is 31.6 Å². The van der Waals surface area contributed by atoms with E-state index in [0.29, 0.717) is 18.4 Å². The lowest BCUT2D eigenvalue weighted by molar-refractivity contribution is -0.133. The molecule has 1 aliphatic heterocycles. The summed E-state index contributed by atoms with van der Waals surface area (Å²) < 4.78 is 0. The molecule has 0 aromatic carbocycles. The van der Waals surface area contributed by atoms with Crippen molar-refractivity contribution in [3.63, 3.8) is 0 Å². The summed E-state index contributed by atoms with van der Waals surface area (Å²) in [6, 6.07) is 0.477. The van der Waals surface area contributed by atoms with E-state index in [1.165, 1.54) is 0 Å². The quantitative estimate of drug-likeness (QED) is 0.773. The number of hydrogen-bond donors (Lipinski definition) is 1. The molecule has 0 aromatic heterocycles. The highest BCUT2D eigenvalue weighted by Gasteiger charge is 2.23. The number of carbonyl (C=O) groups is 1. The van der Waals surface area contributed by atoms with E-state index < -0.39 is 0 Å². The first-order valence-electron chi connectivity index (χ1n) is 5.78. The molecule has 0 saturated carbocycles. The van der Waals surface area contributed by atoms with Crippen molar-refractivity contribution in [3.05, 3.63) is 0 Å². The summed E-state index contributed by atoms with van der Waals surface area (Å²) in [6.07, 6.45) is 4.96. The summed E-state index contributed by atoms with van der Waals surface area (Å²) in [7, 11) is 0. The van der Waals surface area contributed by atoms with Crippen LogP contribution in [0, 0.1) is 0 Å². The first-order valence-corrected chi connectivity index (χ1v) is 7.18. The van der Waals surface area contributed by atoms with Crippen LogP contribution in [0.15, 0.2) is 0 Å². The average molecular weight is 230 g/mol. The summed E-state index contributed by atoms with van der Waals surface area (Å²) in [5.74, 6) is 1.28. The smallest absolute Gasteiger partial charge is 0.223 e. The Morgan fingerprint density at radius 1 is 1.47 bits per heavy atom. The van der Waals surface area contributed by atoms with Gasteiger partial charge in [-0.2, -0.15) is 11.8 Å². The van der Waals surface area contributed by atoms with Crippen LogP contribution in [0.3, 0.4) is 0 Å². The SMILES string of the molecule is CCN(C(=O)CCSC)C1CCNCC1. The third-order valence-corrected chi connectivity index (χ3v) is 3.54. The number of rotatable bonds is 5. The van der Waals surface area contributed by atoms with Crippen molar-refractivity contribution in [3.8, 4) is 0 Å². The number of hydrogen-bond acceptors (Lipinski definition) is 3. The fourth-order valence-electron chi connectivity index (χ4n) is 2.09. The molecule has 1 N–H and O–H groups in total. The second-order valence-corrected chi connectivity index (χ2v) is 4.89. The van der Waals surface area contributed by atoms with Crippen LogP contribution in [0.4, 0.5) is 0 Å². The molecule has 1 rings (SSSR count). The van der Waals surface area contributed by atoms with Crippen LogP contribution >= 0.6 is 11.8 Å². The number of nitrogens with one attached hydrogen (secondary N) is 1. The molecule has 88 valence electrons. The van der Waals surface area contributed by atoms with Crippen LogP contribution in [-0.4, -0.2) is 48.5 Å². The summed E-state index contributed by atoms with van der Waals surface area (Å²) in [4.78, 5) is 14.0. The zero-order valence-corrected chi connectivity index (χ0v) is 10.6. The molecule has 0 aliphatic carbocycles. The van der Waals surface area contributed by atoms with Crippen molar-refractivity contribution in [1.29, 1.82) is 0 Å². The Morgan fingerprint density at radius 2 is 2.13 bits per heavy atom. The van der Waals surface area contributed by atoms with Gasteiger partial charge in [0.25, 0.3) is 0 Å². The first-order chi connectivity index (χ1) is 7.29. The normalized spacial score (nSPS) is 17.7. The fraction of sp³-hybridized carbons (Fsp3) is 0.909. The van der Waals surface area contributed by atoms with Gasteiger partial charge in [-0.15, -0.1) is 0 Å². The molecule has 0 aromatic rings. The lowest BCUT2D eigenvalue weighted by Crippen LogP contribution is -2.46. The van der Waals surface area contributed by atoms with E-state index in [4.69, 9.17) is 0 Å². The van der Waals surface area contributed by atoms with Crippen molar-refractivity contribution >= 4 is 17.7 Å². The molecule has 0 unspecified atom stereocenters. The van der Waals surface area contributed by atoms with Gasteiger partial charge in [0.15, 0.2) is 0 Å². The molecule has 1 heterocycles. The van der Waals surface area contributed by atoms with E-state index in [-0.39, 0.29) is 0 Å². The molecule has 0 atom stereocenters. The monoisotopic (exact) mass is 230 g/mol. The van der Waals surface area contributed by atoms with Gasteiger partial charge in [-0.05, 0) is 39.1 Å². The van der Waals surface area contributed by atoms with E-state index in [9.17, 15) is 4.79 Å². The zero-order chi connectivity index (χ0) is 11.1. The lowest BCUT2D eigenvalue weighted by Gasteiger charge is -2.34. The molecule has 1 amide bonds. The van der Waals surface area contributed by atoms with Gasteiger partial charge in [0.2, 0.25) is 5.91 Å². The van der Waals surface area contributed by atoms with Gasteiger partial charge in [-0.1, -0.05) is 0 Å². The molecule has 0 spiro atoms. The van der Waals surface area contributed by atoms with Gasteiger partial charge in [-0.25, -0.2) is 0 Å². The fourth-order valence-corrected chi connectivity index (χ4v) is 2.47. The average Bonchev–Trinajstić information content (AvgIpc) is 2.29. The molecule has 3 nitrogen and oxygen atoms in total. The van der Waals surface area contributed by atoms with Gasteiger partial charge in [0, 0.05) is 24.8 Å². The Hall–Kier alpha value is -0.220. The summed E-state index contributed by atoms with van der Waals surface area (Å²) in [5.41, 5.74) is 0. The van der Waals surface area contributed by atoms with Crippen molar-refractivity contribution in [2.24, 2.45) is 0 Å². The molecule has 0 radical (unpaired) electrons. The summed E-state index contributed by atoms with van der Waals surface area (Å²) >= 11 is 1.74. The Bertz CT molecular complexity index is 193. The maximum absolute atomic E-state index is 11.9. The molecule has 1 fully saturated rings. The Kier molecular flexibility index (Phi) is 6.10. The van der Waals surface area contributed by atoms with E-state index in [0.717, 1.165) is 38.2 Å². The standard InChI is InChI=1S/C11H22N2OS/c1-3-13(11(14)6-9-15-2)10-4-7-12-8-5-10/h10,12H,3-9H2,1-2H3.